The second-order valence-corrected chi connectivity index (χ2v) is 14.3. The summed E-state index contributed by atoms with van der Waals surface area (Å²) in [4.78, 5) is 15.9. The second kappa shape index (κ2) is 63.3. The van der Waals surface area contributed by atoms with E-state index in [4.69, 9.17) is 0 Å². The van der Waals surface area contributed by atoms with Gasteiger partial charge in [-0.15, -0.1) is 0 Å². The highest BCUT2D eigenvalue weighted by molar-refractivity contribution is 5.18. The van der Waals surface area contributed by atoms with Gasteiger partial charge < -0.3 is 0 Å². The van der Waals surface area contributed by atoms with Crippen LogP contribution in [0.1, 0.15) is 211 Å². The van der Waals surface area contributed by atoms with Crippen LogP contribution in [0, 0.1) is 12.8 Å². The molecule has 0 unspecified atom stereocenters. The SMILES string of the molecule is CC.CC.CC.CC.CC.CC.CC(C)C.CC(C)c1ccccc1.CC(C)c1ccccn1.CC(C)c1cccnc1.CC(C)c1ccncc1.Cc1ccccc1.c1ccncc1. The van der Waals surface area contributed by atoms with Crippen LogP contribution in [0.4, 0.5) is 0 Å². The molecule has 4 nitrogen and oxygen atoms in total. The minimum absolute atomic E-state index is 0.547. The molecule has 0 N–H and O–H groups in total. The number of pyridine rings is 4. The summed E-state index contributed by atoms with van der Waals surface area (Å²) in [6, 6.07) is 40.7. The zero-order valence-corrected chi connectivity index (χ0v) is 46.8. The molecule has 0 saturated carbocycles. The van der Waals surface area contributed by atoms with E-state index in [-0.39, 0.29) is 0 Å². The van der Waals surface area contributed by atoms with Crippen molar-refractivity contribution in [3.8, 4) is 0 Å². The van der Waals surface area contributed by atoms with E-state index in [0.29, 0.717) is 23.7 Å². The smallest absolute Gasteiger partial charge is 0.0428 e. The number of aryl methyl sites for hydroxylation is 1. The summed E-state index contributed by atoms with van der Waals surface area (Å²) in [5.74, 6) is 3.25. The van der Waals surface area contributed by atoms with Crippen LogP contribution in [0.25, 0.3) is 0 Å². The quantitative estimate of drug-likeness (QED) is 0.177. The highest BCUT2D eigenvalue weighted by Crippen LogP contribution is 2.13. The van der Waals surface area contributed by atoms with Gasteiger partial charge in [0.05, 0.1) is 0 Å². The first-order valence-corrected chi connectivity index (χ1v) is 25.0. The first-order valence-electron chi connectivity index (χ1n) is 25.0. The summed E-state index contributed by atoms with van der Waals surface area (Å²) in [5.41, 5.74) is 6.56. The lowest BCUT2D eigenvalue weighted by Gasteiger charge is -2.01. The molecule has 6 aromatic rings. The van der Waals surface area contributed by atoms with E-state index in [9.17, 15) is 0 Å². The molecule has 0 spiro atoms. The van der Waals surface area contributed by atoms with Crippen molar-refractivity contribution in [1.29, 1.82) is 0 Å². The third-order valence-electron chi connectivity index (χ3n) is 6.98. The molecule has 0 saturated heterocycles. The number of benzene rings is 2. The van der Waals surface area contributed by atoms with Crippen molar-refractivity contribution in [2.45, 2.75) is 190 Å². The minimum atomic E-state index is 0.547. The van der Waals surface area contributed by atoms with E-state index in [1.165, 1.54) is 22.3 Å². The van der Waals surface area contributed by atoms with Gasteiger partial charge in [-0.25, -0.2) is 0 Å². The molecule has 2 aromatic carbocycles. The van der Waals surface area contributed by atoms with Gasteiger partial charge in [0, 0.05) is 49.1 Å². The van der Waals surface area contributed by atoms with Crippen molar-refractivity contribution >= 4 is 0 Å². The van der Waals surface area contributed by atoms with Crippen LogP contribution in [-0.2, 0) is 0 Å². The predicted octanol–water partition coefficient (Wildman–Crippen LogP) is 20.3. The van der Waals surface area contributed by atoms with E-state index >= 15 is 0 Å². The molecule has 0 radical (unpaired) electrons. The monoisotopic (exact) mass is 893 g/mol. The minimum Gasteiger partial charge on any atom is -0.265 e. The number of nitrogens with zero attached hydrogens (tertiary/aromatic N) is 4. The van der Waals surface area contributed by atoms with Gasteiger partial charge in [0.1, 0.15) is 0 Å². The van der Waals surface area contributed by atoms with Gasteiger partial charge in [-0.1, -0.05) is 244 Å². The van der Waals surface area contributed by atoms with Crippen LogP contribution in [-0.4, -0.2) is 19.9 Å². The zero-order valence-electron chi connectivity index (χ0n) is 46.8. The topological polar surface area (TPSA) is 51.6 Å². The van der Waals surface area contributed by atoms with E-state index in [2.05, 4.69) is 145 Å². The third-order valence-corrected chi connectivity index (χ3v) is 6.98. The maximum absolute atomic E-state index is 4.18. The van der Waals surface area contributed by atoms with E-state index in [1.807, 2.05) is 187 Å². The summed E-state index contributed by atoms with van der Waals surface area (Å²) in [6.07, 6.45) is 12.7. The van der Waals surface area contributed by atoms with Crippen LogP contribution in [0.2, 0.25) is 0 Å². The van der Waals surface area contributed by atoms with Crippen LogP contribution in [0.3, 0.4) is 0 Å². The molecule has 0 aliphatic rings. The third kappa shape index (κ3) is 59.0. The molecule has 0 fully saturated rings. The Morgan fingerprint density at radius 3 is 0.831 bits per heavy atom. The average Bonchev–Trinajstić information content (AvgIpc) is 3.38. The highest BCUT2D eigenvalue weighted by Gasteiger charge is 1.96. The van der Waals surface area contributed by atoms with Gasteiger partial charge in [-0.05, 0) is 95.7 Å². The standard InChI is InChI=1S/C9H12.3C8H11N.C7H8.C5H5N.C4H10.6C2H6/c1-8(2)9-6-4-3-5-7-9;1-7(2)8-3-5-9-6-4-8;1-7(2)8-4-3-5-9-6-8;1-7(2)8-5-3-4-6-9-8;1-7-5-3-2-4-6-7;1-2-4-6-5-3-1;1-4(2)3;6*1-2/h3-8H,1-2H3;3*3-7H,1-2H3;2-6H,1H3;1-5H;4H,1-3H3;6*1-2H3. The maximum atomic E-state index is 4.18. The molecule has 4 heteroatoms. The number of aromatic nitrogens is 4. The Bertz CT molecular complexity index is 1370. The first kappa shape index (κ1) is 74.4. The predicted molar refractivity (Wildman–Crippen MR) is 300 cm³/mol. The first-order chi connectivity index (χ1) is 31.3. The summed E-state index contributed by atoms with van der Waals surface area (Å²) in [6.45, 7) is 50.0. The molecule has 0 aliphatic carbocycles. The van der Waals surface area contributed by atoms with Gasteiger partial charge in [0.15, 0.2) is 0 Å². The Balaban J connectivity index is -0.000000117. The fourth-order valence-electron chi connectivity index (χ4n) is 3.87. The molecule has 0 atom stereocenters. The molecule has 368 valence electrons. The Kier molecular flexibility index (Phi) is 72.5. The molecule has 4 heterocycles. The zero-order chi connectivity index (χ0) is 51.7. The average molecular weight is 894 g/mol. The molecule has 0 amide bonds. The van der Waals surface area contributed by atoms with Gasteiger partial charge in [-0.3, -0.25) is 19.9 Å². The number of hydrogen-bond donors (Lipinski definition) is 0. The van der Waals surface area contributed by atoms with Gasteiger partial charge >= 0.3 is 0 Å². The molecule has 4 aromatic heterocycles. The van der Waals surface area contributed by atoms with Gasteiger partial charge in [0.2, 0.25) is 0 Å². The van der Waals surface area contributed by atoms with Gasteiger partial charge in [0.25, 0.3) is 0 Å². The second-order valence-electron chi connectivity index (χ2n) is 14.3. The van der Waals surface area contributed by atoms with Gasteiger partial charge in [-0.2, -0.15) is 0 Å². The van der Waals surface area contributed by atoms with E-state index in [0.717, 1.165) is 11.6 Å². The molecular weight excluding hydrogens is 789 g/mol. The van der Waals surface area contributed by atoms with Crippen molar-refractivity contribution in [2.24, 2.45) is 5.92 Å². The lowest BCUT2D eigenvalue weighted by molar-refractivity contribution is 0.737. The van der Waals surface area contributed by atoms with Crippen LogP contribution in [0.15, 0.2) is 165 Å². The Morgan fingerprint density at radius 1 is 0.292 bits per heavy atom. The van der Waals surface area contributed by atoms with Crippen LogP contribution in [0.5, 0.6) is 0 Å². The number of rotatable bonds is 4. The largest absolute Gasteiger partial charge is 0.265 e. The van der Waals surface area contributed by atoms with Crippen molar-refractivity contribution < 1.29 is 0 Å². The Morgan fingerprint density at radius 2 is 0.615 bits per heavy atom. The van der Waals surface area contributed by atoms with Crippen molar-refractivity contribution in [2.75, 3.05) is 0 Å². The fraction of sp³-hybridized carbons (Fsp3) is 0.475. The summed E-state index contributed by atoms with van der Waals surface area (Å²) in [7, 11) is 0. The Hall–Kier alpha value is -4.96. The molecule has 6 rings (SSSR count). The van der Waals surface area contributed by atoms with Crippen molar-refractivity contribution in [3.63, 3.8) is 0 Å². The molecular formula is C61H104N4. The van der Waals surface area contributed by atoms with Crippen molar-refractivity contribution in [3.05, 3.63) is 193 Å². The maximum Gasteiger partial charge on any atom is 0.0428 e. The van der Waals surface area contributed by atoms with Crippen molar-refractivity contribution in [1.82, 2.24) is 19.9 Å². The fourth-order valence-corrected chi connectivity index (χ4v) is 3.87. The summed E-state index contributed by atoms with van der Waals surface area (Å²) in [5, 5.41) is 0. The molecule has 0 aliphatic heterocycles. The summed E-state index contributed by atoms with van der Waals surface area (Å²) >= 11 is 0. The molecule has 0 bridgehead atoms. The lowest BCUT2D eigenvalue weighted by atomic mass is 10.0. The van der Waals surface area contributed by atoms with Crippen LogP contribution >= 0.6 is 0 Å². The lowest BCUT2D eigenvalue weighted by Crippen LogP contribution is -1.88. The van der Waals surface area contributed by atoms with E-state index < -0.39 is 0 Å². The number of hydrogen-bond acceptors (Lipinski definition) is 4. The Labute approximate surface area is 406 Å². The highest BCUT2D eigenvalue weighted by atomic mass is 14.7. The summed E-state index contributed by atoms with van der Waals surface area (Å²) < 4.78 is 0. The normalized spacial score (nSPS) is 8.38. The van der Waals surface area contributed by atoms with E-state index in [1.54, 1.807) is 18.6 Å². The molecule has 65 heavy (non-hydrogen) atoms. The van der Waals surface area contributed by atoms with Crippen LogP contribution < -0.4 is 0 Å².